The molecule has 0 aliphatic heterocycles. The zero-order valence-electron chi connectivity index (χ0n) is 9.84. The molecule has 0 aliphatic carbocycles. The molecule has 84 valence electrons. The van der Waals surface area contributed by atoms with Gasteiger partial charge in [0.25, 0.3) is 0 Å². The quantitative estimate of drug-likeness (QED) is 0.630. The fourth-order valence-corrected chi connectivity index (χ4v) is 1.14. The van der Waals surface area contributed by atoms with Gasteiger partial charge in [-0.05, 0) is 27.1 Å². The highest BCUT2D eigenvalue weighted by Gasteiger charge is 2.04. The van der Waals surface area contributed by atoms with Crippen molar-refractivity contribution in [1.29, 1.82) is 0 Å². The molecule has 0 bridgehead atoms. The first-order chi connectivity index (χ1) is 6.57. The number of likely N-dealkylation sites (N-methyl/N-ethyl adjacent to an activating group) is 2. The van der Waals surface area contributed by atoms with Crippen molar-refractivity contribution >= 4 is 5.91 Å². The van der Waals surface area contributed by atoms with E-state index in [1.807, 2.05) is 7.05 Å². The third kappa shape index (κ3) is 6.86. The Morgan fingerprint density at radius 1 is 1.21 bits per heavy atom. The zero-order valence-corrected chi connectivity index (χ0v) is 9.84. The maximum absolute atomic E-state index is 11.2. The van der Waals surface area contributed by atoms with Gasteiger partial charge in [-0.25, -0.2) is 0 Å². The Morgan fingerprint density at radius 2 is 1.86 bits per heavy atom. The van der Waals surface area contributed by atoms with Crippen LogP contribution >= 0.6 is 0 Å². The molecular formula is C10H23N3O. The van der Waals surface area contributed by atoms with Gasteiger partial charge in [0.1, 0.15) is 0 Å². The number of nitrogens with zero attached hydrogens (tertiary/aromatic N) is 2. The standard InChI is InChI=1S/C10H23N3O/c1-11-7-9-13(4)8-5-6-10(14)12(2)3/h11H,5-9H2,1-4H3. The molecule has 0 aromatic heterocycles. The fourth-order valence-electron chi connectivity index (χ4n) is 1.14. The van der Waals surface area contributed by atoms with Crippen LogP contribution in [-0.4, -0.2) is 63.5 Å². The van der Waals surface area contributed by atoms with E-state index in [0.717, 1.165) is 26.1 Å². The summed E-state index contributed by atoms with van der Waals surface area (Å²) in [5.74, 6) is 0.215. The first-order valence-electron chi connectivity index (χ1n) is 5.11. The van der Waals surface area contributed by atoms with E-state index in [1.54, 1.807) is 19.0 Å². The Balaban J connectivity index is 3.39. The third-order valence-electron chi connectivity index (χ3n) is 2.17. The molecule has 0 aliphatic rings. The molecule has 0 fully saturated rings. The summed E-state index contributed by atoms with van der Waals surface area (Å²) >= 11 is 0. The number of carbonyl (C=O) groups is 1. The third-order valence-corrected chi connectivity index (χ3v) is 2.17. The molecule has 1 N–H and O–H groups in total. The fraction of sp³-hybridized carbons (Fsp3) is 0.900. The van der Waals surface area contributed by atoms with Crippen LogP contribution in [0.3, 0.4) is 0 Å². The van der Waals surface area contributed by atoms with Gasteiger partial charge in [-0.3, -0.25) is 4.79 Å². The topological polar surface area (TPSA) is 35.6 Å². The van der Waals surface area contributed by atoms with E-state index in [1.165, 1.54) is 0 Å². The summed E-state index contributed by atoms with van der Waals surface area (Å²) in [5, 5.41) is 3.10. The van der Waals surface area contributed by atoms with E-state index in [4.69, 9.17) is 0 Å². The lowest BCUT2D eigenvalue weighted by atomic mass is 10.2. The second-order valence-corrected chi connectivity index (χ2v) is 3.80. The Hall–Kier alpha value is -0.610. The van der Waals surface area contributed by atoms with Gasteiger partial charge >= 0.3 is 0 Å². The molecule has 0 radical (unpaired) electrons. The van der Waals surface area contributed by atoms with E-state index < -0.39 is 0 Å². The Labute approximate surface area is 87.3 Å². The number of hydrogen-bond acceptors (Lipinski definition) is 3. The van der Waals surface area contributed by atoms with E-state index in [9.17, 15) is 4.79 Å². The lowest BCUT2D eigenvalue weighted by Crippen LogP contribution is -2.29. The van der Waals surface area contributed by atoms with Gasteiger partial charge < -0.3 is 15.1 Å². The Bertz CT molecular complexity index is 159. The van der Waals surface area contributed by atoms with Crippen LogP contribution in [-0.2, 0) is 4.79 Å². The first-order valence-corrected chi connectivity index (χ1v) is 5.11. The zero-order chi connectivity index (χ0) is 11.0. The normalized spacial score (nSPS) is 10.6. The number of amides is 1. The van der Waals surface area contributed by atoms with Crippen LogP contribution in [0.25, 0.3) is 0 Å². The molecule has 0 aromatic carbocycles. The highest BCUT2D eigenvalue weighted by Crippen LogP contribution is 1.95. The SMILES string of the molecule is CNCCN(C)CCCC(=O)N(C)C. The largest absolute Gasteiger partial charge is 0.349 e. The maximum atomic E-state index is 11.2. The lowest BCUT2D eigenvalue weighted by Gasteiger charge is -2.16. The molecule has 1 amide bonds. The predicted molar refractivity (Wildman–Crippen MR) is 59.4 cm³/mol. The van der Waals surface area contributed by atoms with Crippen LogP contribution in [0.4, 0.5) is 0 Å². The summed E-state index contributed by atoms with van der Waals surface area (Å²) in [7, 11) is 7.63. The van der Waals surface area contributed by atoms with Crippen molar-refractivity contribution in [2.75, 3.05) is 47.8 Å². The van der Waals surface area contributed by atoms with Crippen molar-refractivity contribution < 1.29 is 4.79 Å². The number of hydrogen-bond donors (Lipinski definition) is 1. The first kappa shape index (κ1) is 13.4. The number of carbonyl (C=O) groups excluding carboxylic acids is 1. The predicted octanol–water partition coefficient (Wildman–Crippen LogP) is 0.00600. The average Bonchev–Trinajstić information content (AvgIpc) is 2.14. The summed E-state index contributed by atoms with van der Waals surface area (Å²) in [6.45, 7) is 3.02. The van der Waals surface area contributed by atoms with Crippen molar-refractivity contribution in [3.8, 4) is 0 Å². The summed E-state index contributed by atoms with van der Waals surface area (Å²) < 4.78 is 0. The molecule has 0 spiro atoms. The van der Waals surface area contributed by atoms with Gasteiger partial charge in [-0.2, -0.15) is 0 Å². The second-order valence-electron chi connectivity index (χ2n) is 3.80. The number of rotatable bonds is 7. The molecule has 0 aromatic rings. The molecule has 0 saturated carbocycles. The van der Waals surface area contributed by atoms with Gasteiger partial charge in [0.05, 0.1) is 0 Å². The lowest BCUT2D eigenvalue weighted by molar-refractivity contribution is -0.128. The smallest absolute Gasteiger partial charge is 0.222 e. The van der Waals surface area contributed by atoms with Crippen LogP contribution in [0.1, 0.15) is 12.8 Å². The van der Waals surface area contributed by atoms with E-state index in [2.05, 4.69) is 17.3 Å². The summed E-state index contributed by atoms with van der Waals surface area (Å²) in [6.07, 6.45) is 1.59. The van der Waals surface area contributed by atoms with Crippen molar-refractivity contribution in [2.24, 2.45) is 0 Å². The molecular weight excluding hydrogens is 178 g/mol. The molecule has 0 saturated heterocycles. The van der Waals surface area contributed by atoms with E-state index in [0.29, 0.717) is 6.42 Å². The summed E-state index contributed by atoms with van der Waals surface area (Å²) in [5.41, 5.74) is 0. The van der Waals surface area contributed by atoms with Gasteiger partial charge in [-0.1, -0.05) is 0 Å². The molecule has 0 atom stereocenters. The van der Waals surface area contributed by atoms with Crippen molar-refractivity contribution in [2.45, 2.75) is 12.8 Å². The monoisotopic (exact) mass is 201 g/mol. The van der Waals surface area contributed by atoms with Crippen LogP contribution in [0, 0.1) is 0 Å². The minimum absolute atomic E-state index is 0.215. The Morgan fingerprint density at radius 3 is 2.36 bits per heavy atom. The van der Waals surface area contributed by atoms with Crippen LogP contribution in [0.5, 0.6) is 0 Å². The molecule has 0 rings (SSSR count). The highest BCUT2D eigenvalue weighted by atomic mass is 16.2. The second kappa shape index (κ2) is 7.76. The number of nitrogens with one attached hydrogen (secondary N) is 1. The van der Waals surface area contributed by atoms with Gasteiger partial charge in [0.2, 0.25) is 5.91 Å². The minimum atomic E-state index is 0.215. The van der Waals surface area contributed by atoms with Crippen molar-refractivity contribution in [3.05, 3.63) is 0 Å². The van der Waals surface area contributed by atoms with Crippen LogP contribution < -0.4 is 5.32 Å². The van der Waals surface area contributed by atoms with Gasteiger partial charge in [-0.15, -0.1) is 0 Å². The van der Waals surface area contributed by atoms with Gasteiger partial charge in [0, 0.05) is 33.6 Å². The molecule has 0 heterocycles. The molecule has 4 nitrogen and oxygen atoms in total. The maximum Gasteiger partial charge on any atom is 0.222 e. The van der Waals surface area contributed by atoms with Crippen molar-refractivity contribution in [1.82, 2.24) is 15.1 Å². The summed E-state index contributed by atoms with van der Waals surface area (Å²) in [4.78, 5) is 15.1. The van der Waals surface area contributed by atoms with E-state index >= 15 is 0 Å². The van der Waals surface area contributed by atoms with Gasteiger partial charge in [0.15, 0.2) is 0 Å². The average molecular weight is 201 g/mol. The summed E-state index contributed by atoms with van der Waals surface area (Å²) in [6, 6.07) is 0. The molecule has 14 heavy (non-hydrogen) atoms. The highest BCUT2D eigenvalue weighted by molar-refractivity contribution is 5.75. The molecule has 4 heteroatoms. The van der Waals surface area contributed by atoms with E-state index in [-0.39, 0.29) is 5.91 Å². The van der Waals surface area contributed by atoms with Crippen LogP contribution in [0.15, 0.2) is 0 Å². The van der Waals surface area contributed by atoms with Crippen LogP contribution in [0.2, 0.25) is 0 Å². The molecule has 0 unspecified atom stereocenters. The van der Waals surface area contributed by atoms with Crippen molar-refractivity contribution in [3.63, 3.8) is 0 Å². The minimum Gasteiger partial charge on any atom is -0.349 e. The Kier molecular flexibility index (Phi) is 7.42.